The minimum Gasteiger partial charge on any atom is -0.370 e. The molecule has 132 valence electrons. The molecule has 1 aliphatic carbocycles. The number of likely N-dealkylation sites (tertiary alicyclic amines) is 1. The van der Waals surface area contributed by atoms with Gasteiger partial charge in [0.15, 0.2) is 0 Å². The maximum Gasteiger partial charge on any atom is 0.101 e. The lowest BCUT2D eigenvalue weighted by Crippen LogP contribution is -3.23. The molecule has 3 aliphatic rings. The Morgan fingerprint density at radius 1 is 0.667 bits per heavy atom. The van der Waals surface area contributed by atoms with Gasteiger partial charge >= 0.3 is 0 Å². The van der Waals surface area contributed by atoms with Crippen LogP contribution in [0.5, 0.6) is 0 Å². The highest BCUT2D eigenvalue weighted by Gasteiger charge is 2.35. The van der Waals surface area contributed by atoms with Crippen LogP contribution < -0.4 is 9.80 Å². The average molecular weight is 331 g/mol. The second-order valence-electron chi connectivity index (χ2n) is 8.16. The van der Waals surface area contributed by atoms with Crippen LogP contribution in [0.2, 0.25) is 0 Å². The number of hydrogen-bond acceptors (Lipinski definition) is 1. The standard InChI is InChI=1S/C21H32N2O/c1-2-4-18(5-3-1)19-6-8-20(9-7-19)22-12-10-21(11-13-22)23-14-16-24-17-15-23/h1-5,19-21H,6-17H2/p+2. The number of morpholine rings is 1. The van der Waals surface area contributed by atoms with E-state index in [1.54, 1.807) is 5.56 Å². The normalized spacial score (nSPS) is 35.7. The number of quaternary nitrogens is 2. The molecule has 0 amide bonds. The molecule has 24 heavy (non-hydrogen) atoms. The Morgan fingerprint density at radius 3 is 1.92 bits per heavy atom. The van der Waals surface area contributed by atoms with E-state index < -0.39 is 0 Å². The van der Waals surface area contributed by atoms with Gasteiger partial charge in [-0.05, 0) is 37.2 Å². The molecule has 0 bridgehead atoms. The molecule has 0 atom stereocenters. The summed E-state index contributed by atoms with van der Waals surface area (Å²) in [5.74, 6) is 0.817. The summed E-state index contributed by atoms with van der Waals surface area (Å²) < 4.78 is 5.53. The van der Waals surface area contributed by atoms with E-state index in [0.29, 0.717) is 0 Å². The topological polar surface area (TPSA) is 18.1 Å². The molecule has 1 aromatic carbocycles. The zero-order chi connectivity index (χ0) is 16.2. The van der Waals surface area contributed by atoms with Crippen molar-refractivity contribution in [3.8, 4) is 0 Å². The number of piperidine rings is 1. The van der Waals surface area contributed by atoms with E-state index in [-0.39, 0.29) is 0 Å². The number of hydrogen-bond donors (Lipinski definition) is 2. The van der Waals surface area contributed by atoms with Crippen molar-refractivity contribution in [3.63, 3.8) is 0 Å². The van der Waals surface area contributed by atoms with Gasteiger partial charge in [0.05, 0.1) is 38.4 Å². The van der Waals surface area contributed by atoms with Gasteiger partial charge in [0.1, 0.15) is 13.1 Å². The van der Waals surface area contributed by atoms with Crippen molar-refractivity contribution in [2.45, 2.75) is 56.5 Å². The summed E-state index contributed by atoms with van der Waals surface area (Å²) in [5.41, 5.74) is 1.57. The Bertz CT molecular complexity index is 484. The van der Waals surface area contributed by atoms with Crippen LogP contribution in [0.25, 0.3) is 0 Å². The van der Waals surface area contributed by atoms with Crippen molar-refractivity contribution in [1.29, 1.82) is 0 Å². The van der Waals surface area contributed by atoms with E-state index in [9.17, 15) is 0 Å². The summed E-state index contributed by atoms with van der Waals surface area (Å²) >= 11 is 0. The van der Waals surface area contributed by atoms with Crippen LogP contribution in [0.4, 0.5) is 0 Å². The van der Waals surface area contributed by atoms with Gasteiger partial charge < -0.3 is 14.5 Å². The molecular formula is C21H34N2O+2. The van der Waals surface area contributed by atoms with Gasteiger partial charge in [-0.1, -0.05) is 30.3 Å². The minimum atomic E-state index is 0.817. The first-order valence-corrected chi connectivity index (χ1v) is 10.2. The summed E-state index contributed by atoms with van der Waals surface area (Å²) in [7, 11) is 0. The molecule has 4 rings (SSSR count). The van der Waals surface area contributed by atoms with Crippen LogP contribution >= 0.6 is 0 Å². The van der Waals surface area contributed by atoms with Crippen molar-refractivity contribution in [3.05, 3.63) is 35.9 Å². The lowest BCUT2D eigenvalue weighted by molar-refractivity contribution is -0.972. The second-order valence-corrected chi connectivity index (χ2v) is 8.16. The molecule has 1 saturated carbocycles. The zero-order valence-corrected chi connectivity index (χ0v) is 15.0. The Kier molecular flexibility index (Phi) is 5.51. The molecule has 3 fully saturated rings. The Hall–Kier alpha value is -0.900. The van der Waals surface area contributed by atoms with Gasteiger partial charge in [0.2, 0.25) is 0 Å². The van der Waals surface area contributed by atoms with Gasteiger partial charge in [-0.25, -0.2) is 0 Å². The van der Waals surface area contributed by atoms with Crippen LogP contribution in [0.15, 0.2) is 30.3 Å². The summed E-state index contributed by atoms with van der Waals surface area (Å²) in [6.45, 7) is 7.26. The number of ether oxygens (including phenoxy) is 1. The number of rotatable bonds is 3. The van der Waals surface area contributed by atoms with Crippen molar-refractivity contribution in [2.24, 2.45) is 0 Å². The van der Waals surface area contributed by atoms with Crippen LogP contribution in [0.1, 0.15) is 50.0 Å². The molecule has 0 aromatic heterocycles. The van der Waals surface area contributed by atoms with Gasteiger partial charge in [-0.2, -0.15) is 0 Å². The fourth-order valence-corrected chi connectivity index (χ4v) is 5.41. The molecule has 1 aromatic rings. The highest BCUT2D eigenvalue weighted by molar-refractivity contribution is 5.19. The van der Waals surface area contributed by atoms with Crippen LogP contribution in [-0.2, 0) is 4.74 Å². The predicted octanol–water partition coefficient (Wildman–Crippen LogP) is 0.675. The molecule has 2 saturated heterocycles. The predicted molar refractivity (Wildman–Crippen MR) is 96.7 cm³/mol. The largest absolute Gasteiger partial charge is 0.370 e. The SMILES string of the molecule is c1ccc(C2CCC([NH+]3CCC([NH+]4CCOCC4)CC3)CC2)cc1. The fraction of sp³-hybridized carbons (Fsp3) is 0.714. The van der Waals surface area contributed by atoms with E-state index in [2.05, 4.69) is 30.3 Å². The average Bonchev–Trinajstić information content (AvgIpc) is 2.70. The van der Waals surface area contributed by atoms with Gasteiger partial charge in [-0.15, -0.1) is 0 Å². The quantitative estimate of drug-likeness (QED) is 0.834. The minimum absolute atomic E-state index is 0.817. The Labute approximate surface area is 147 Å². The highest BCUT2D eigenvalue weighted by atomic mass is 16.5. The third-order valence-electron chi connectivity index (χ3n) is 6.92. The summed E-state index contributed by atoms with van der Waals surface area (Å²) in [5, 5.41) is 0. The smallest absolute Gasteiger partial charge is 0.101 e. The van der Waals surface area contributed by atoms with Crippen molar-refractivity contribution in [2.75, 3.05) is 39.4 Å². The fourth-order valence-electron chi connectivity index (χ4n) is 5.41. The molecule has 0 spiro atoms. The zero-order valence-electron chi connectivity index (χ0n) is 15.0. The van der Waals surface area contributed by atoms with Crippen molar-refractivity contribution in [1.82, 2.24) is 0 Å². The van der Waals surface area contributed by atoms with Crippen molar-refractivity contribution >= 4 is 0 Å². The van der Waals surface area contributed by atoms with Gasteiger partial charge in [0, 0.05) is 12.8 Å². The molecule has 2 heterocycles. The van der Waals surface area contributed by atoms with Crippen LogP contribution in [-0.4, -0.2) is 51.5 Å². The van der Waals surface area contributed by atoms with E-state index >= 15 is 0 Å². The lowest BCUT2D eigenvalue weighted by Gasteiger charge is -2.40. The first-order valence-electron chi connectivity index (χ1n) is 10.2. The maximum absolute atomic E-state index is 5.53. The summed E-state index contributed by atoms with van der Waals surface area (Å²) in [6.07, 6.45) is 8.53. The first-order chi connectivity index (χ1) is 11.9. The third-order valence-corrected chi connectivity index (χ3v) is 6.92. The third kappa shape index (κ3) is 3.84. The molecule has 3 heteroatoms. The second kappa shape index (κ2) is 7.99. The monoisotopic (exact) mass is 330 g/mol. The highest BCUT2D eigenvalue weighted by Crippen LogP contribution is 2.32. The Morgan fingerprint density at radius 2 is 1.25 bits per heavy atom. The summed E-state index contributed by atoms with van der Waals surface area (Å²) in [4.78, 5) is 3.75. The molecular weight excluding hydrogens is 296 g/mol. The molecule has 2 aliphatic heterocycles. The van der Waals surface area contributed by atoms with E-state index in [4.69, 9.17) is 4.74 Å². The van der Waals surface area contributed by atoms with E-state index in [0.717, 1.165) is 31.2 Å². The molecule has 0 radical (unpaired) electrons. The van der Waals surface area contributed by atoms with Crippen LogP contribution in [0, 0.1) is 0 Å². The Balaban J connectivity index is 1.24. The first kappa shape index (κ1) is 16.6. The molecule has 3 nitrogen and oxygen atoms in total. The maximum atomic E-state index is 5.53. The molecule has 0 unspecified atom stereocenters. The number of nitrogens with one attached hydrogen (secondary N) is 2. The lowest BCUT2D eigenvalue weighted by atomic mass is 9.81. The van der Waals surface area contributed by atoms with Gasteiger partial charge in [-0.3, -0.25) is 0 Å². The summed E-state index contributed by atoms with van der Waals surface area (Å²) in [6, 6.07) is 13.0. The number of benzene rings is 1. The molecule has 2 N–H and O–H groups in total. The van der Waals surface area contributed by atoms with E-state index in [1.807, 2.05) is 9.80 Å². The van der Waals surface area contributed by atoms with Crippen LogP contribution in [0.3, 0.4) is 0 Å². The van der Waals surface area contributed by atoms with Crippen molar-refractivity contribution < 1.29 is 14.5 Å². The van der Waals surface area contributed by atoms with Gasteiger partial charge in [0.25, 0.3) is 0 Å². The van der Waals surface area contributed by atoms with E-state index in [1.165, 1.54) is 64.7 Å².